The molecule has 0 aliphatic rings. The fourth-order valence-corrected chi connectivity index (χ4v) is 2.29. The minimum Gasteiger partial charge on any atom is -0.489 e. The Balaban J connectivity index is 1.97. The largest absolute Gasteiger partial charge is 0.489 e. The monoisotopic (exact) mass is 283 g/mol. The number of aryl methyl sites for hydroxylation is 3. The van der Waals surface area contributed by atoms with Crippen molar-refractivity contribution in [2.45, 2.75) is 40.7 Å². The van der Waals surface area contributed by atoms with Gasteiger partial charge in [-0.1, -0.05) is 24.3 Å². The van der Waals surface area contributed by atoms with E-state index in [2.05, 4.69) is 76.3 Å². The Morgan fingerprint density at radius 1 is 1.00 bits per heavy atom. The van der Waals surface area contributed by atoms with E-state index in [0.29, 0.717) is 0 Å². The van der Waals surface area contributed by atoms with E-state index in [1.807, 2.05) is 0 Å². The molecule has 0 saturated heterocycles. The van der Waals surface area contributed by atoms with Gasteiger partial charge in [-0.15, -0.1) is 0 Å². The molecule has 2 aromatic rings. The number of benzene rings is 2. The Morgan fingerprint density at radius 3 is 2.52 bits per heavy atom. The quantitative estimate of drug-likeness (QED) is 0.851. The molecule has 0 saturated carbocycles. The molecular weight excluding hydrogens is 258 g/mol. The molecule has 2 heteroatoms. The lowest BCUT2D eigenvalue weighted by atomic mass is 10.1. The van der Waals surface area contributed by atoms with E-state index in [9.17, 15) is 0 Å². The molecule has 0 fully saturated rings. The van der Waals surface area contributed by atoms with Gasteiger partial charge in [0.15, 0.2) is 0 Å². The van der Waals surface area contributed by atoms with Crippen molar-refractivity contribution in [2.24, 2.45) is 0 Å². The maximum atomic E-state index is 6.06. The van der Waals surface area contributed by atoms with E-state index < -0.39 is 0 Å². The van der Waals surface area contributed by atoms with Crippen LogP contribution in [0.4, 0.5) is 5.69 Å². The minimum absolute atomic E-state index is 0.116. The first-order valence-corrected chi connectivity index (χ1v) is 7.51. The van der Waals surface area contributed by atoms with Gasteiger partial charge >= 0.3 is 0 Å². The Morgan fingerprint density at radius 2 is 1.76 bits per heavy atom. The Kier molecular flexibility index (Phi) is 4.89. The summed E-state index contributed by atoms with van der Waals surface area (Å²) in [6, 6.07) is 12.7. The molecule has 21 heavy (non-hydrogen) atoms. The summed E-state index contributed by atoms with van der Waals surface area (Å²) in [7, 11) is 0. The maximum absolute atomic E-state index is 6.06. The Hall–Kier alpha value is -1.96. The topological polar surface area (TPSA) is 21.3 Å². The van der Waals surface area contributed by atoms with Crippen LogP contribution < -0.4 is 10.1 Å². The van der Waals surface area contributed by atoms with E-state index in [1.54, 1.807) is 0 Å². The summed E-state index contributed by atoms with van der Waals surface area (Å²) in [5.74, 6) is 0.977. The second-order valence-electron chi connectivity index (χ2n) is 5.83. The summed E-state index contributed by atoms with van der Waals surface area (Å²) in [6.45, 7) is 11.3. The third-order valence-electron chi connectivity index (χ3n) is 3.86. The number of rotatable bonds is 5. The molecule has 0 heterocycles. The maximum Gasteiger partial charge on any atom is 0.122 e. The van der Waals surface area contributed by atoms with Gasteiger partial charge in [0, 0.05) is 5.69 Å². The molecule has 0 aromatic heterocycles. The van der Waals surface area contributed by atoms with Crippen LogP contribution in [0.15, 0.2) is 36.4 Å². The Labute approximate surface area is 128 Å². The highest BCUT2D eigenvalue weighted by molar-refractivity contribution is 5.53. The number of hydrogen-bond acceptors (Lipinski definition) is 2. The lowest BCUT2D eigenvalue weighted by Crippen LogP contribution is -2.23. The summed E-state index contributed by atoms with van der Waals surface area (Å²) in [6.07, 6.45) is 0.116. The van der Waals surface area contributed by atoms with Crippen molar-refractivity contribution in [3.63, 3.8) is 0 Å². The van der Waals surface area contributed by atoms with E-state index >= 15 is 0 Å². The number of ether oxygens (including phenoxy) is 1. The second-order valence-corrected chi connectivity index (χ2v) is 5.83. The molecular formula is C19H25NO. The van der Waals surface area contributed by atoms with Crippen molar-refractivity contribution in [1.29, 1.82) is 0 Å². The molecule has 2 nitrogen and oxygen atoms in total. The smallest absolute Gasteiger partial charge is 0.122 e. The van der Waals surface area contributed by atoms with Gasteiger partial charge in [-0.2, -0.15) is 0 Å². The molecule has 0 amide bonds. The van der Waals surface area contributed by atoms with Gasteiger partial charge in [0.2, 0.25) is 0 Å². The molecule has 0 bridgehead atoms. The van der Waals surface area contributed by atoms with Crippen LogP contribution >= 0.6 is 0 Å². The SMILES string of the molecule is Cc1ccc(C)c(OC(C)CNc2cccc(C)c2C)c1. The van der Waals surface area contributed by atoms with Gasteiger partial charge in [-0.05, 0) is 69.0 Å². The summed E-state index contributed by atoms with van der Waals surface area (Å²) < 4.78 is 6.06. The molecule has 1 N–H and O–H groups in total. The summed E-state index contributed by atoms with van der Waals surface area (Å²) in [4.78, 5) is 0. The van der Waals surface area contributed by atoms with Crippen molar-refractivity contribution in [1.82, 2.24) is 0 Å². The van der Waals surface area contributed by atoms with Crippen LogP contribution in [0.5, 0.6) is 5.75 Å². The average molecular weight is 283 g/mol. The van der Waals surface area contributed by atoms with Crippen LogP contribution in [-0.4, -0.2) is 12.6 Å². The molecule has 112 valence electrons. The van der Waals surface area contributed by atoms with Crippen molar-refractivity contribution in [3.05, 3.63) is 58.7 Å². The van der Waals surface area contributed by atoms with Crippen LogP contribution in [0.25, 0.3) is 0 Å². The van der Waals surface area contributed by atoms with Crippen molar-refractivity contribution in [2.75, 3.05) is 11.9 Å². The van der Waals surface area contributed by atoms with Gasteiger partial charge in [0.25, 0.3) is 0 Å². The predicted molar refractivity (Wildman–Crippen MR) is 90.4 cm³/mol. The predicted octanol–water partition coefficient (Wildman–Crippen LogP) is 4.80. The normalized spacial score (nSPS) is 12.0. The second kappa shape index (κ2) is 6.66. The summed E-state index contributed by atoms with van der Waals surface area (Å²) in [5, 5.41) is 3.48. The van der Waals surface area contributed by atoms with Gasteiger partial charge in [0.05, 0.1) is 6.54 Å². The molecule has 2 rings (SSSR count). The molecule has 0 aliphatic carbocycles. The van der Waals surface area contributed by atoms with E-state index in [1.165, 1.54) is 27.9 Å². The van der Waals surface area contributed by atoms with Crippen LogP contribution in [0.2, 0.25) is 0 Å². The minimum atomic E-state index is 0.116. The first-order valence-electron chi connectivity index (χ1n) is 7.51. The van der Waals surface area contributed by atoms with E-state index in [4.69, 9.17) is 4.74 Å². The third kappa shape index (κ3) is 4.01. The van der Waals surface area contributed by atoms with E-state index in [0.717, 1.165) is 12.3 Å². The Bertz CT molecular complexity index is 619. The standard InChI is InChI=1S/C19H25NO/c1-13-9-10-15(3)19(11-13)21-16(4)12-20-18-8-6-7-14(2)17(18)5/h6-11,16,20H,12H2,1-5H3. The van der Waals surface area contributed by atoms with Crippen LogP contribution in [-0.2, 0) is 0 Å². The zero-order valence-electron chi connectivity index (χ0n) is 13.7. The lowest BCUT2D eigenvalue weighted by Gasteiger charge is -2.19. The molecule has 0 aliphatic heterocycles. The van der Waals surface area contributed by atoms with Crippen molar-refractivity contribution in [3.8, 4) is 5.75 Å². The summed E-state index contributed by atoms with van der Waals surface area (Å²) >= 11 is 0. The van der Waals surface area contributed by atoms with Crippen LogP contribution in [0, 0.1) is 27.7 Å². The van der Waals surface area contributed by atoms with Crippen LogP contribution in [0.1, 0.15) is 29.2 Å². The first kappa shape index (κ1) is 15.4. The molecule has 0 radical (unpaired) electrons. The van der Waals surface area contributed by atoms with Gasteiger partial charge in [0.1, 0.15) is 11.9 Å². The fourth-order valence-electron chi connectivity index (χ4n) is 2.29. The zero-order valence-corrected chi connectivity index (χ0v) is 13.7. The highest BCUT2D eigenvalue weighted by Gasteiger charge is 2.08. The van der Waals surface area contributed by atoms with Crippen molar-refractivity contribution < 1.29 is 4.74 Å². The lowest BCUT2D eigenvalue weighted by molar-refractivity contribution is 0.233. The molecule has 0 spiro atoms. The van der Waals surface area contributed by atoms with Crippen LogP contribution in [0.3, 0.4) is 0 Å². The molecule has 1 unspecified atom stereocenters. The zero-order chi connectivity index (χ0) is 15.4. The van der Waals surface area contributed by atoms with E-state index in [-0.39, 0.29) is 6.10 Å². The van der Waals surface area contributed by atoms with Gasteiger partial charge in [-0.25, -0.2) is 0 Å². The fraction of sp³-hybridized carbons (Fsp3) is 0.368. The van der Waals surface area contributed by atoms with Gasteiger partial charge < -0.3 is 10.1 Å². The summed E-state index contributed by atoms with van der Waals surface area (Å²) in [5.41, 5.74) is 6.20. The molecule has 1 atom stereocenters. The molecule has 2 aromatic carbocycles. The van der Waals surface area contributed by atoms with Gasteiger partial charge in [-0.3, -0.25) is 0 Å². The third-order valence-corrected chi connectivity index (χ3v) is 3.86. The highest BCUT2D eigenvalue weighted by Crippen LogP contribution is 2.21. The average Bonchev–Trinajstić information content (AvgIpc) is 2.44. The van der Waals surface area contributed by atoms with Crippen molar-refractivity contribution >= 4 is 5.69 Å². The first-order chi connectivity index (χ1) is 9.97. The number of anilines is 1. The number of nitrogens with one attached hydrogen (secondary N) is 1. The number of hydrogen-bond donors (Lipinski definition) is 1. The highest BCUT2D eigenvalue weighted by atomic mass is 16.5.